The maximum Gasteiger partial charge on any atom is 0.246 e. The number of amides is 2. The van der Waals surface area contributed by atoms with E-state index in [4.69, 9.17) is 0 Å². The lowest BCUT2D eigenvalue weighted by atomic mass is 10.1. The summed E-state index contributed by atoms with van der Waals surface area (Å²) < 4.78 is 0. The highest BCUT2D eigenvalue weighted by atomic mass is 16.2. The molecule has 2 saturated heterocycles. The minimum absolute atomic E-state index is 0.00353. The highest BCUT2D eigenvalue weighted by molar-refractivity contribution is 5.87. The smallest absolute Gasteiger partial charge is 0.246 e. The van der Waals surface area contributed by atoms with Crippen molar-refractivity contribution in [2.45, 2.75) is 25.8 Å². The number of hydrogen-bond acceptors (Lipinski definition) is 8. The first-order chi connectivity index (χ1) is 19.0. The summed E-state index contributed by atoms with van der Waals surface area (Å²) in [6, 6.07) is 8.60. The van der Waals surface area contributed by atoms with Crippen LogP contribution in [0.25, 0.3) is 6.08 Å². The Morgan fingerprint density at radius 2 is 1.90 bits per heavy atom. The maximum atomic E-state index is 12.0. The molecule has 0 bridgehead atoms. The molecule has 0 radical (unpaired) electrons. The number of anilines is 4. The van der Waals surface area contributed by atoms with Gasteiger partial charge in [-0.15, -0.1) is 0 Å². The first kappa shape index (κ1) is 28.3. The average Bonchev–Trinajstić information content (AvgIpc) is 2.97. The van der Waals surface area contributed by atoms with Crippen LogP contribution in [0.5, 0.6) is 0 Å². The minimum Gasteiger partial charge on any atom is -0.369 e. The predicted octanol–water partition coefficient (Wildman–Crippen LogP) is 3.05. The number of rotatable bonds is 11. The Balaban J connectivity index is 1.33. The number of nitrogens with zero attached hydrogens (tertiary/aromatic N) is 6. The molecule has 1 aromatic heterocycles. The topological polar surface area (TPSA) is 96.9 Å². The number of nitrogens with one attached hydrogen (secondary N) is 2. The van der Waals surface area contributed by atoms with E-state index < -0.39 is 0 Å². The fraction of sp³-hybridized carbons (Fsp3) is 0.448. The van der Waals surface area contributed by atoms with Gasteiger partial charge in [0.2, 0.25) is 18.3 Å². The number of carbonyl (C=O) groups is 2. The van der Waals surface area contributed by atoms with E-state index in [-0.39, 0.29) is 5.91 Å². The van der Waals surface area contributed by atoms with Crippen molar-refractivity contribution in [1.82, 2.24) is 24.7 Å². The number of hydrogen-bond donors (Lipinski definition) is 2. The van der Waals surface area contributed by atoms with Gasteiger partial charge >= 0.3 is 0 Å². The Kier molecular flexibility index (Phi) is 10.0. The monoisotopic (exact) mass is 532 g/mol. The number of benzene rings is 1. The molecule has 2 aromatic rings. The van der Waals surface area contributed by atoms with Gasteiger partial charge in [-0.3, -0.25) is 14.5 Å². The van der Waals surface area contributed by atoms with Gasteiger partial charge in [-0.25, -0.2) is 4.98 Å². The molecular formula is C29H40N8O2. The van der Waals surface area contributed by atoms with E-state index in [9.17, 15) is 9.59 Å². The predicted molar refractivity (Wildman–Crippen MR) is 157 cm³/mol. The van der Waals surface area contributed by atoms with Crippen LogP contribution in [-0.2, 0) is 9.59 Å². The molecule has 2 aliphatic rings. The molecule has 2 N–H and O–H groups in total. The Morgan fingerprint density at radius 3 is 2.59 bits per heavy atom. The van der Waals surface area contributed by atoms with Gasteiger partial charge in [0.25, 0.3) is 0 Å². The highest BCUT2D eigenvalue weighted by Crippen LogP contribution is 2.23. The van der Waals surface area contributed by atoms with Crippen molar-refractivity contribution >= 4 is 41.5 Å². The van der Waals surface area contributed by atoms with Crippen molar-refractivity contribution in [2.75, 3.05) is 74.9 Å². The number of piperazine rings is 2. The fourth-order valence-corrected chi connectivity index (χ4v) is 5.05. The molecule has 3 heterocycles. The molecular weight excluding hydrogens is 492 g/mol. The van der Waals surface area contributed by atoms with Gasteiger partial charge in [0.1, 0.15) is 5.82 Å². The third kappa shape index (κ3) is 7.64. The van der Waals surface area contributed by atoms with E-state index in [1.54, 1.807) is 6.20 Å². The maximum absolute atomic E-state index is 12.0. The first-order valence-corrected chi connectivity index (χ1v) is 13.7. The largest absolute Gasteiger partial charge is 0.369 e. The van der Waals surface area contributed by atoms with Crippen molar-refractivity contribution in [3.8, 4) is 0 Å². The van der Waals surface area contributed by atoms with Crippen LogP contribution in [0.3, 0.4) is 0 Å². The second-order valence-corrected chi connectivity index (χ2v) is 10.00. The van der Waals surface area contributed by atoms with E-state index in [2.05, 4.69) is 74.1 Å². The molecule has 208 valence electrons. The van der Waals surface area contributed by atoms with Gasteiger partial charge in [-0.1, -0.05) is 25.7 Å². The van der Waals surface area contributed by atoms with Crippen LogP contribution < -0.4 is 15.5 Å². The van der Waals surface area contributed by atoms with E-state index >= 15 is 0 Å². The third-order valence-corrected chi connectivity index (χ3v) is 7.45. The number of likely N-dealkylation sites (N-methyl/N-ethyl adjacent to an activating group) is 1. The Morgan fingerprint density at radius 1 is 1.13 bits per heavy atom. The molecule has 39 heavy (non-hydrogen) atoms. The van der Waals surface area contributed by atoms with Gasteiger partial charge in [0, 0.05) is 81.5 Å². The van der Waals surface area contributed by atoms with Gasteiger partial charge in [0.15, 0.2) is 0 Å². The molecule has 10 heteroatoms. The van der Waals surface area contributed by atoms with Crippen LogP contribution in [0.4, 0.5) is 23.1 Å². The van der Waals surface area contributed by atoms with E-state index in [1.165, 1.54) is 11.8 Å². The van der Waals surface area contributed by atoms with Crippen LogP contribution in [0.15, 0.2) is 49.2 Å². The van der Waals surface area contributed by atoms with E-state index in [1.807, 2.05) is 23.1 Å². The molecule has 0 saturated carbocycles. The second-order valence-electron chi connectivity index (χ2n) is 10.00. The normalized spacial score (nSPS) is 18.8. The summed E-state index contributed by atoms with van der Waals surface area (Å²) in [6.07, 6.45) is 9.58. The Bertz CT molecular complexity index is 1140. The van der Waals surface area contributed by atoms with E-state index in [0.29, 0.717) is 24.2 Å². The van der Waals surface area contributed by atoms with Gasteiger partial charge in [-0.05, 0) is 50.2 Å². The molecule has 1 atom stereocenters. The number of aromatic nitrogens is 2. The summed E-state index contributed by atoms with van der Waals surface area (Å²) in [7, 11) is 2.15. The van der Waals surface area contributed by atoms with Crippen molar-refractivity contribution in [1.29, 1.82) is 0 Å². The SMILES string of the molecule is C=CC(=O)N1CCN(CC/C=C\c2cnc(Nc3ccc(N4CCN(C)CC4)cc3)nc2NC=O)C(CC)C1. The summed E-state index contributed by atoms with van der Waals surface area (Å²) in [6.45, 7) is 13.1. The zero-order chi connectivity index (χ0) is 27.6. The van der Waals surface area contributed by atoms with Crippen molar-refractivity contribution in [2.24, 2.45) is 0 Å². The zero-order valence-electron chi connectivity index (χ0n) is 23.1. The van der Waals surface area contributed by atoms with Crippen LogP contribution in [0.1, 0.15) is 25.3 Å². The molecule has 1 aromatic carbocycles. The molecule has 0 spiro atoms. The Hall–Kier alpha value is -3.76. The van der Waals surface area contributed by atoms with Gasteiger partial charge < -0.3 is 25.3 Å². The molecule has 10 nitrogen and oxygen atoms in total. The second kappa shape index (κ2) is 13.9. The van der Waals surface area contributed by atoms with Crippen LogP contribution in [0, 0.1) is 0 Å². The molecule has 1 unspecified atom stereocenters. The summed E-state index contributed by atoms with van der Waals surface area (Å²) in [5.74, 6) is 0.876. The fourth-order valence-electron chi connectivity index (χ4n) is 5.05. The Labute approximate surface area is 231 Å². The number of carbonyl (C=O) groups excluding carboxylic acids is 2. The molecule has 2 aliphatic heterocycles. The van der Waals surface area contributed by atoms with Gasteiger partial charge in [-0.2, -0.15) is 4.98 Å². The molecule has 4 rings (SSSR count). The van der Waals surface area contributed by atoms with Crippen LogP contribution in [0.2, 0.25) is 0 Å². The van der Waals surface area contributed by atoms with Crippen molar-refractivity contribution in [3.05, 3.63) is 54.8 Å². The highest BCUT2D eigenvalue weighted by Gasteiger charge is 2.26. The third-order valence-electron chi connectivity index (χ3n) is 7.45. The van der Waals surface area contributed by atoms with Crippen LogP contribution in [-0.4, -0.2) is 102 Å². The molecule has 2 amide bonds. The zero-order valence-corrected chi connectivity index (χ0v) is 23.1. The first-order valence-electron chi connectivity index (χ1n) is 13.7. The van der Waals surface area contributed by atoms with Crippen LogP contribution >= 0.6 is 0 Å². The summed E-state index contributed by atoms with van der Waals surface area (Å²) in [4.78, 5) is 41.2. The summed E-state index contributed by atoms with van der Waals surface area (Å²) >= 11 is 0. The summed E-state index contributed by atoms with van der Waals surface area (Å²) in [5.41, 5.74) is 2.83. The standard InChI is InChI=1S/C29H40N8O2/c1-4-25-21-37(27(39)5-2)19-18-35(25)13-7-6-8-23-20-30-29(33-28(23)31-22-38)32-24-9-11-26(12-10-24)36-16-14-34(3)15-17-36/h5-6,8-12,20,22,25H,2,4,7,13-19,21H2,1,3H3,(H2,30,31,32,33,38)/b8-6-. The van der Waals surface area contributed by atoms with Crippen molar-refractivity contribution < 1.29 is 9.59 Å². The summed E-state index contributed by atoms with van der Waals surface area (Å²) in [5, 5.41) is 5.93. The minimum atomic E-state index is 0.00353. The lowest BCUT2D eigenvalue weighted by Gasteiger charge is -2.40. The molecule has 0 aliphatic carbocycles. The lowest BCUT2D eigenvalue weighted by molar-refractivity contribution is -0.129. The van der Waals surface area contributed by atoms with E-state index in [0.717, 1.165) is 76.5 Å². The quantitative estimate of drug-likeness (QED) is 0.337. The average molecular weight is 533 g/mol. The van der Waals surface area contributed by atoms with Gasteiger partial charge in [0.05, 0.1) is 0 Å². The lowest BCUT2D eigenvalue weighted by Crippen LogP contribution is -2.54. The molecule has 2 fully saturated rings. The van der Waals surface area contributed by atoms with Crippen molar-refractivity contribution in [3.63, 3.8) is 0 Å².